The van der Waals surface area contributed by atoms with Crippen LogP contribution in [0.1, 0.15) is 43.7 Å². The van der Waals surface area contributed by atoms with Crippen LogP contribution in [0, 0.1) is 6.92 Å². The predicted molar refractivity (Wildman–Crippen MR) is 71.3 cm³/mol. The predicted octanol–water partition coefficient (Wildman–Crippen LogP) is 3.52. The van der Waals surface area contributed by atoms with Gasteiger partial charge in [0.05, 0.1) is 6.10 Å². The number of hydrogen-bond acceptors (Lipinski definition) is 2. The average Bonchev–Trinajstić information content (AvgIpc) is 2.15. The van der Waals surface area contributed by atoms with Crippen LogP contribution in [-0.4, -0.2) is 16.3 Å². The Morgan fingerprint density at radius 3 is 2.59 bits per heavy atom. The highest BCUT2D eigenvalue weighted by atomic mass is 16.3. The molecule has 0 unspecified atom stereocenters. The molecule has 0 fully saturated rings. The minimum Gasteiger partial charge on any atom is -0.508 e. The van der Waals surface area contributed by atoms with Gasteiger partial charge in [-0.2, -0.15) is 0 Å². The van der Waals surface area contributed by atoms with Crippen LogP contribution < -0.4 is 0 Å². The zero-order valence-electron chi connectivity index (χ0n) is 10.9. The minimum atomic E-state index is -0.386. The lowest BCUT2D eigenvalue weighted by Crippen LogP contribution is -2.11. The summed E-state index contributed by atoms with van der Waals surface area (Å²) in [6.45, 7) is 9.68. The number of benzene rings is 1. The molecule has 0 spiro atoms. The molecule has 2 atom stereocenters. The summed E-state index contributed by atoms with van der Waals surface area (Å²) in [5.74, 6) is 0.463. The lowest BCUT2D eigenvalue weighted by molar-refractivity contribution is 0.157. The lowest BCUT2D eigenvalue weighted by atomic mass is 9.91. The SMILES string of the molecule is C=C(C)C[C@@H](O)C[C@@H](C)c1ccc(C)cc1O. The standard InChI is InChI=1S/C15H22O2/c1-10(2)7-13(16)9-12(4)14-6-5-11(3)8-15(14)17/h5-6,8,12-13,16-17H,1,7,9H2,2-4H3/t12-,13-/m1/s1. The van der Waals surface area contributed by atoms with E-state index in [4.69, 9.17) is 0 Å². The summed E-state index contributed by atoms with van der Waals surface area (Å²) in [5, 5.41) is 19.7. The van der Waals surface area contributed by atoms with Crippen molar-refractivity contribution in [3.63, 3.8) is 0 Å². The second-order valence-corrected chi connectivity index (χ2v) is 5.01. The third kappa shape index (κ3) is 4.23. The van der Waals surface area contributed by atoms with Crippen LogP contribution in [0.4, 0.5) is 0 Å². The van der Waals surface area contributed by atoms with E-state index in [-0.39, 0.29) is 12.0 Å². The Morgan fingerprint density at radius 2 is 2.06 bits per heavy atom. The fourth-order valence-electron chi connectivity index (χ4n) is 2.09. The van der Waals surface area contributed by atoms with Gasteiger partial charge in [0.15, 0.2) is 0 Å². The van der Waals surface area contributed by atoms with Gasteiger partial charge in [0, 0.05) is 0 Å². The molecule has 1 aromatic rings. The Kier molecular flexibility index (Phi) is 4.76. The molecule has 2 nitrogen and oxygen atoms in total. The summed E-state index contributed by atoms with van der Waals surface area (Å²) in [6, 6.07) is 5.68. The second-order valence-electron chi connectivity index (χ2n) is 5.01. The number of phenolic OH excluding ortho intramolecular Hbond substituents is 1. The van der Waals surface area contributed by atoms with Crippen LogP contribution in [0.2, 0.25) is 0 Å². The summed E-state index contributed by atoms with van der Waals surface area (Å²) in [6.07, 6.45) is 0.878. The summed E-state index contributed by atoms with van der Waals surface area (Å²) >= 11 is 0. The maximum absolute atomic E-state index is 9.86. The molecule has 2 N–H and O–H groups in total. The average molecular weight is 234 g/mol. The van der Waals surface area contributed by atoms with Crippen molar-refractivity contribution in [1.82, 2.24) is 0 Å². The van der Waals surface area contributed by atoms with Gasteiger partial charge in [0.25, 0.3) is 0 Å². The van der Waals surface area contributed by atoms with Gasteiger partial charge in [0.1, 0.15) is 5.75 Å². The van der Waals surface area contributed by atoms with Crippen molar-refractivity contribution in [2.24, 2.45) is 0 Å². The summed E-state index contributed by atoms with van der Waals surface area (Å²) in [4.78, 5) is 0. The molecule has 94 valence electrons. The number of aryl methyl sites for hydroxylation is 1. The third-order valence-electron chi connectivity index (χ3n) is 2.93. The molecule has 0 radical (unpaired) electrons. The zero-order valence-corrected chi connectivity index (χ0v) is 10.9. The van der Waals surface area contributed by atoms with Crippen LogP contribution in [0.3, 0.4) is 0 Å². The monoisotopic (exact) mass is 234 g/mol. The Morgan fingerprint density at radius 1 is 1.41 bits per heavy atom. The Labute approximate surface area is 104 Å². The smallest absolute Gasteiger partial charge is 0.119 e. The number of aliphatic hydroxyl groups excluding tert-OH is 1. The van der Waals surface area contributed by atoms with E-state index in [0.29, 0.717) is 18.6 Å². The Balaban J connectivity index is 2.69. The van der Waals surface area contributed by atoms with Gasteiger partial charge in [-0.1, -0.05) is 24.6 Å². The summed E-state index contributed by atoms with van der Waals surface area (Å²) < 4.78 is 0. The molecule has 0 amide bonds. The molecule has 0 bridgehead atoms. The van der Waals surface area contributed by atoms with Crippen LogP contribution in [-0.2, 0) is 0 Å². The molecule has 1 rings (SSSR count). The molecule has 0 saturated heterocycles. The normalized spacial score (nSPS) is 14.4. The van der Waals surface area contributed by atoms with Gasteiger partial charge >= 0.3 is 0 Å². The van der Waals surface area contributed by atoms with Crippen LogP contribution in [0.5, 0.6) is 5.75 Å². The Hall–Kier alpha value is -1.28. The molecule has 0 saturated carbocycles. The van der Waals surface area contributed by atoms with Crippen LogP contribution >= 0.6 is 0 Å². The van der Waals surface area contributed by atoms with Crippen molar-refractivity contribution in [2.45, 2.75) is 45.6 Å². The second kappa shape index (κ2) is 5.87. The molecule has 0 aliphatic carbocycles. The lowest BCUT2D eigenvalue weighted by Gasteiger charge is -2.18. The molecule has 17 heavy (non-hydrogen) atoms. The van der Waals surface area contributed by atoms with E-state index < -0.39 is 0 Å². The van der Waals surface area contributed by atoms with Gasteiger partial charge in [-0.15, -0.1) is 6.58 Å². The Bertz CT molecular complexity index is 396. The largest absolute Gasteiger partial charge is 0.508 e. The first-order valence-corrected chi connectivity index (χ1v) is 6.02. The van der Waals surface area contributed by atoms with Gasteiger partial charge in [0.2, 0.25) is 0 Å². The van der Waals surface area contributed by atoms with Crippen molar-refractivity contribution in [1.29, 1.82) is 0 Å². The van der Waals surface area contributed by atoms with E-state index in [0.717, 1.165) is 16.7 Å². The number of phenols is 1. The van der Waals surface area contributed by atoms with Gasteiger partial charge in [-0.3, -0.25) is 0 Å². The van der Waals surface area contributed by atoms with Crippen molar-refractivity contribution in [3.8, 4) is 5.75 Å². The van der Waals surface area contributed by atoms with E-state index in [1.54, 1.807) is 6.07 Å². The fraction of sp³-hybridized carbons (Fsp3) is 0.467. The van der Waals surface area contributed by atoms with Crippen LogP contribution in [0.25, 0.3) is 0 Å². The number of aromatic hydroxyl groups is 1. The first-order valence-electron chi connectivity index (χ1n) is 6.02. The van der Waals surface area contributed by atoms with Crippen molar-refractivity contribution >= 4 is 0 Å². The molecule has 0 aliphatic heterocycles. The topological polar surface area (TPSA) is 40.5 Å². The fourth-order valence-corrected chi connectivity index (χ4v) is 2.09. The number of aliphatic hydroxyl groups is 1. The van der Waals surface area contributed by atoms with Gasteiger partial charge in [-0.25, -0.2) is 0 Å². The molecule has 0 heterocycles. The van der Waals surface area contributed by atoms with E-state index in [2.05, 4.69) is 6.58 Å². The highest BCUT2D eigenvalue weighted by Crippen LogP contribution is 2.30. The highest BCUT2D eigenvalue weighted by Gasteiger charge is 2.15. The molecule has 2 heteroatoms. The first kappa shape index (κ1) is 13.8. The van der Waals surface area contributed by atoms with Gasteiger partial charge in [-0.05, 0) is 49.8 Å². The maximum atomic E-state index is 9.86. The van der Waals surface area contributed by atoms with Gasteiger partial charge < -0.3 is 10.2 Å². The number of hydrogen-bond donors (Lipinski definition) is 2. The zero-order chi connectivity index (χ0) is 13.0. The maximum Gasteiger partial charge on any atom is 0.119 e. The molecule has 0 aromatic heterocycles. The van der Waals surface area contributed by atoms with Crippen molar-refractivity contribution in [2.75, 3.05) is 0 Å². The van der Waals surface area contributed by atoms with Crippen molar-refractivity contribution in [3.05, 3.63) is 41.5 Å². The minimum absolute atomic E-state index is 0.143. The molecule has 0 aliphatic rings. The highest BCUT2D eigenvalue weighted by molar-refractivity contribution is 5.38. The van der Waals surface area contributed by atoms with E-state index >= 15 is 0 Å². The van der Waals surface area contributed by atoms with E-state index in [1.165, 1.54) is 0 Å². The molecular formula is C15H22O2. The third-order valence-corrected chi connectivity index (χ3v) is 2.93. The summed E-state index contributed by atoms with van der Waals surface area (Å²) in [7, 11) is 0. The van der Waals surface area contributed by atoms with Crippen molar-refractivity contribution < 1.29 is 10.2 Å². The molecule has 1 aromatic carbocycles. The first-order chi connectivity index (χ1) is 7.90. The quantitative estimate of drug-likeness (QED) is 0.765. The van der Waals surface area contributed by atoms with E-state index in [9.17, 15) is 10.2 Å². The molecular weight excluding hydrogens is 212 g/mol. The number of rotatable bonds is 5. The van der Waals surface area contributed by atoms with E-state index in [1.807, 2.05) is 32.9 Å². The van der Waals surface area contributed by atoms with Crippen LogP contribution in [0.15, 0.2) is 30.4 Å². The summed E-state index contributed by atoms with van der Waals surface area (Å²) in [5.41, 5.74) is 2.93.